The molecule has 1 N–H and O–H groups in total. The molecule has 2 aromatic carbocycles. The van der Waals surface area contributed by atoms with Crippen LogP contribution in [0.1, 0.15) is 17.2 Å². The number of carbonyl (C=O) groups is 1. The largest absolute Gasteiger partial charge is 0.353 e. The van der Waals surface area contributed by atoms with Crippen molar-refractivity contribution < 1.29 is 4.79 Å². The number of para-hydroxylation sites is 1. The van der Waals surface area contributed by atoms with Crippen molar-refractivity contribution in [1.82, 2.24) is 24.6 Å². The number of aryl methyl sites for hydroxylation is 1. The first-order valence-corrected chi connectivity index (χ1v) is 9.33. The maximum atomic E-state index is 12.5. The van der Waals surface area contributed by atoms with Crippen molar-refractivity contribution in [3.63, 3.8) is 0 Å². The third-order valence-corrected chi connectivity index (χ3v) is 5.26. The molecular weight excluding hydrogens is 358 g/mol. The molecule has 3 aromatic rings. The zero-order chi connectivity index (χ0) is 18.8. The van der Waals surface area contributed by atoms with Crippen molar-refractivity contribution in [3.05, 3.63) is 76.8 Å². The van der Waals surface area contributed by atoms with E-state index in [0.29, 0.717) is 18.0 Å². The summed E-state index contributed by atoms with van der Waals surface area (Å²) in [7, 11) is 0. The Morgan fingerprint density at radius 1 is 1.15 bits per heavy atom. The molecule has 0 bridgehead atoms. The van der Waals surface area contributed by atoms with Gasteiger partial charge in [0.1, 0.15) is 12.4 Å². The van der Waals surface area contributed by atoms with E-state index in [1.165, 1.54) is 0 Å². The average Bonchev–Trinajstić information content (AvgIpc) is 3.03. The number of carbonyl (C=O) groups excluding carboxylic acids is 1. The normalized spacial score (nSPS) is 17.7. The topological polar surface area (TPSA) is 55.1 Å². The first-order valence-electron chi connectivity index (χ1n) is 8.92. The number of rotatable bonds is 4. The molecule has 1 saturated heterocycles. The molecule has 1 aliphatic heterocycles. The van der Waals surface area contributed by atoms with Crippen LogP contribution in [0.15, 0.2) is 60.9 Å². The number of aromatic nitrogens is 3. The van der Waals surface area contributed by atoms with E-state index in [4.69, 9.17) is 12.2 Å². The predicted octanol–water partition coefficient (Wildman–Crippen LogP) is 2.84. The van der Waals surface area contributed by atoms with Gasteiger partial charge in [0, 0.05) is 13.1 Å². The summed E-state index contributed by atoms with van der Waals surface area (Å²) in [6.45, 7) is 3.87. The van der Waals surface area contributed by atoms with E-state index in [9.17, 15) is 4.79 Å². The van der Waals surface area contributed by atoms with Gasteiger partial charge in [-0.05, 0) is 36.3 Å². The number of piperazine rings is 1. The molecule has 138 valence electrons. The number of nitrogens with zero attached hydrogens (tertiary/aromatic N) is 4. The van der Waals surface area contributed by atoms with Gasteiger partial charge < -0.3 is 5.32 Å². The summed E-state index contributed by atoms with van der Waals surface area (Å²) >= 11 is 5.66. The fourth-order valence-electron chi connectivity index (χ4n) is 3.47. The van der Waals surface area contributed by atoms with Crippen molar-refractivity contribution in [2.24, 2.45) is 0 Å². The van der Waals surface area contributed by atoms with Crippen LogP contribution in [0.3, 0.4) is 0 Å². The van der Waals surface area contributed by atoms with Gasteiger partial charge in [-0.1, -0.05) is 48.5 Å². The van der Waals surface area contributed by atoms with E-state index in [1.54, 1.807) is 11.0 Å². The quantitative estimate of drug-likeness (QED) is 0.709. The van der Waals surface area contributed by atoms with Gasteiger partial charge in [0.15, 0.2) is 0 Å². The van der Waals surface area contributed by atoms with Gasteiger partial charge in [0.25, 0.3) is 0 Å². The summed E-state index contributed by atoms with van der Waals surface area (Å²) in [5.74, 6) is 0.0114. The maximum absolute atomic E-state index is 12.5. The minimum absolute atomic E-state index is 0.0114. The molecule has 1 atom stereocenters. The smallest absolute Gasteiger partial charge is 0.242 e. The minimum Gasteiger partial charge on any atom is -0.353 e. The maximum Gasteiger partial charge on any atom is 0.242 e. The fraction of sp³-hybridized carbons (Fsp3) is 0.250. The zero-order valence-electron chi connectivity index (χ0n) is 15.1. The Kier molecular flexibility index (Phi) is 4.87. The minimum atomic E-state index is -0.342. The van der Waals surface area contributed by atoms with Gasteiger partial charge in [-0.3, -0.25) is 14.3 Å². The van der Waals surface area contributed by atoms with E-state index in [-0.39, 0.29) is 11.9 Å². The Balaban J connectivity index is 1.64. The second kappa shape index (κ2) is 7.46. The molecule has 6 nitrogen and oxygen atoms in total. The molecule has 27 heavy (non-hydrogen) atoms. The Labute approximate surface area is 163 Å². The van der Waals surface area contributed by atoms with E-state index in [0.717, 1.165) is 23.4 Å². The SMILES string of the molecule is Cc1ccccc1-n1cnn(CN2CCNC(=O)C2c2ccccc2)c1=S. The molecule has 1 unspecified atom stereocenters. The van der Waals surface area contributed by atoms with Crippen molar-refractivity contribution in [2.45, 2.75) is 19.6 Å². The van der Waals surface area contributed by atoms with Crippen LogP contribution in [0.4, 0.5) is 0 Å². The number of benzene rings is 2. The Morgan fingerprint density at radius 2 is 1.89 bits per heavy atom. The molecule has 1 aliphatic rings. The van der Waals surface area contributed by atoms with Gasteiger partial charge >= 0.3 is 0 Å². The van der Waals surface area contributed by atoms with Crippen LogP contribution in [0, 0.1) is 11.7 Å². The molecule has 0 aliphatic carbocycles. The zero-order valence-corrected chi connectivity index (χ0v) is 15.9. The number of hydrogen-bond donors (Lipinski definition) is 1. The number of hydrogen-bond acceptors (Lipinski definition) is 4. The van der Waals surface area contributed by atoms with E-state index in [1.807, 2.05) is 53.1 Å². The monoisotopic (exact) mass is 379 g/mol. The average molecular weight is 379 g/mol. The Bertz CT molecular complexity index is 1010. The van der Waals surface area contributed by atoms with Gasteiger partial charge in [-0.2, -0.15) is 5.10 Å². The second-order valence-corrected chi connectivity index (χ2v) is 6.99. The number of nitrogens with one attached hydrogen (secondary N) is 1. The Morgan fingerprint density at radius 3 is 2.67 bits per heavy atom. The lowest BCUT2D eigenvalue weighted by Gasteiger charge is -2.34. The lowest BCUT2D eigenvalue weighted by atomic mass is 10.0. The fourth-order valence-corrected chi connectivity index (χ4v) is 3.72. The van der Waals surface area contributed by atoms with Crippen LogP contribution >= 0.6 is 12.2 Å². The first-order chi connectivity index (χ1) is 13.1. The standard InChI is InChI=1S/C20H21N5OS/c1-15-7-5-6-10-17(15)24-13-22-25(20(24)27)14-23-12-11-21-19(26)18(23)16-8-3-2-4-9-16/h2-10,13,18H,11-12,14H2,1H3,(H,21,26). The summed E-state index contributed by atoms with van der Waals surface area (Å²) in [6, 6.07) is 17.5. The third-order valence-electron chi connectivity index (χ3n) is 4.85. The van der Waals surface area contributed by atoms with Crippen LogP contribution in [0.5, 0.6) is 0 Å². The third kappa shape index (κ3) is 3.43. The van der Waals surface area contributed by atoms with Crippen LogP contribution in [0.25, 0.3) is 5.69 Å². The summed E-state index contributed by atoms with van der Waals surface area (Å²) < 4.78 is 4.30. The van der Waals surface area contributed by atoms with Crippen molar-refractivity contribution in [3.8, 4) is 5.69 Å². The Hall–Kier alpha value is -2.77. The summed E-state index contributed by atoms with van der Waals surface area (Å²) in [5.41, 5.74) is 3.12. The van der Waals surface area contributed by atoms with Crippen LogP contribution in [-0.4, -0.2) is 38.2 Å². The van der Waals surface area contributed by atoms with E-state index >= 15 is 0 Å². The molecule has 7 heteroatoms. The highest BCUT2D eigenvalue weighted by molar-refractivity contribution is 7.71. The van der Waals surface area contributed by atoms with Gasteiger partial charge in [-0.15, -0.1) is 0 Å². The van der Waals surface area contributed by atoms with Crippen LogP contribution in [-0.2, 0) is 11.5 Å². The molecule has 1 fully saturated rings. The molecule has 2 heterocycles. The molecule has 1 aromatic heterocycles. The van der Waals surface area contributed by atoms with Gasteiger partial charge in [0.05, 0.1) is 12.4 Å². The van der Waals surface area contributed by atoms with Crippen LogP contribution < -0.4 is 5.32 Å². The summed E-state index contributed by atoms with van der Waals surface area (Å²) in [4.78, 5) is 14.6. The molecule has 0 radical (unpaired) electrons. The molecule has 0 saturated carbocycles. The highest BCUT2D eigenvalue weighted by Crippen LogP contribution is 2.24. The lowest BCUT2D eigenvalue weighted by Crippen LogP contribution is -2.50. The molecule has 0 spiro atoms. The summed E-state index contributed by atoms with van der Waals surface area (Å²) in [5, 5.41) is 7.44. The summed E-state index contributed by atoms with van der Waals surface area (Å²) in [6.07, 6.45) is 1.74. The van der Waals surface area contributed by atoms with Crippen molar-refractivity contribution in [2.75, 3.05) is 13.1 Å². The first kappa shape index (κ1) is 17.6. The lowest BCUT2D eigenvalue weighted by molar-refractivity contribution is -0.130. The highest BCUT2D eigenvalue weighted by Gasteiger charge is 2.31. The highest BCUT2D eigenvalue weighted by atomic mass is 32.1. The van der Waals surface area contributed by atoms with Gasteiger partial charge in [0.2, 0.25) is 10.7 Å². The molecule has 4 rings (SSSR count). The van der Waals surface area contributed by atoms with E-state index in [2.05, 4.69) is 28.3 Å². The van der Waals surface area contributed by atoms with E-state index < -0.39 is 0 Å². The van der Waals surface area contributed by atoms with Crippen LogP contribution in [0.2, 0.25) is 0 Å². The van der Waals surface area contributed by atoms with Crippen molar-refractivity contribution >= 4 is 18.1 Å². The van der Waals surface area contributed by atoms with Crippen molar-refractivity contribution in [1.29, 1.82) is 0 Å². The predicted molar refractivity (Wildman–Crippen MR) is 106 cm³/mol. The number of amides is 1. The second-order valence-electron chi connectivity index (χ2n) is 6.63. The molecular formula is C20H21N5OS. The van der Waals surface area contributed by atoms with Gasteiger partial charge in [-0.25, -0.2) is 4.68 Å². The molecule has 1 amide bonds.